The van der Waals surface area contributed by atoms with Crippen LogP contribution in [-0.2, 0) is 9.53 Å². The summed E-state index contributed by atoms with van der Waals surface area (Å²) < 4.78 is 5.91. The zero-order valence-electron chi connectivity index (χ0n) is 13.7. The highest BCUT2D eigenvalue weighted by atomic mass is 79.9. The Hall–Kier alpha value is -1.51. The Morgan fingerprint density at radius 1 is 1.32 bits per heavy atom. The van der Waals surface area contributed by atoms with Gasteiger partial charge in [-0.2, -0.15) is 0 Å². The van der Waals surface area contributed by atoms with Crippen molar-refractivity contribution >= 4 is 61.3 Å². The second-order valence-corrected chi connectivity index (χ2v) is 8.84. The molecule has 0 aliphatic heterocycles. The first-order chi connectivity index (χ1) is 11.9. The number of nitrogens with one attached hydrogen (secondary N) is 1. The predicted octanol–water partition coefficient (Wildman–Crippen LogP) is 4.58. The van der Waals surface area contributed by atoms with Crippen LogP contribution in [0, 0.1) is 19.8 Å². The number of rotatable bonds is 6. The molecule has 1 N–H and O–H groups in total. The van der Waals surface area contributed by atoms with Crippen molar-refractivity contribution in [2.24, 2.45) is 5.92 Å². The fourth-order valence-electron chi connectivity index (χ4n) is 2.28. The smallest absolute Gasteiger partial charge is 0.341 e. The van der Waals surface area contributed by atoms with Gasteiger partial charge in [0.15, 0.2) is 6.61 Å². The number of hydrogen-bond acceptors (Lipinski definition) is 6. The van der Waals surface area contributed by atoms with Crippen LogP contribution in [0.5, 0.6) is 0 Å². The molecule has 0 bridgehead atoms. The molecule has 3 rings (SSSR count). The molecule has 1 amide bonds. The summed E-state index contributed by atoms with van der Waals surface area (Å²) in [7, 11) is 0. The molecule has 8 heteroatoms. The number of halogens is 1. The van der Waals surface area contributed by atoms with Gasteiger partial charge in [0.2, 0.25) is 11.7 Å². The highest BCUT2D eigenvalue weighted by molar-refractivity contribution is 9.10. The lowest BCUT2D eigenvalue weighted by Gasteiger charge is -2.07. The Bertz CT molecular complexity index is 851. The number of ketones is 1. The lowest BCUT2D eigenvalue weighted by molar-refractivity contribution is -0.117. The zero-order valence-corrected chi connectivity index (χ0v) is 16.9. The molecule has 0 unspecified atom stereocenters. The third-order valence-electron chi connectivity index (χ3n) is 3.98. The molecule has 1 aliphatic carbocycles. The van der Waals surface area contributed by atoms with E-state index < -0.39 is 5.97 Å². The van der Waals surface area contributed by atoms with Crippen molar-refractivity contribution < 1.29 is 19.1 Å². The number of esters is 1. The minimum absolute atomic E-state index is 0.0457. The van der Waals surface area contributed by atoms with Crippen LogP contribution >= 0.6 is 38.6 Å². The van der Waals surface area contributed by atoms with Crippen molar-refractivity contribution in [3.63, 3.8) is 0 Å². The monoisotopic (exact) mass is 441 g/mol. The molecule has 0 spiro atoms. The summed E-state index contributed by atoms with van der Waals surface area (Å²) in [5.74, 6) is -0.865. The molecule has 0 saturated heterocycles. The van der Waals surface area contributed by atoms with Gasteiger partial charge >= 0.3 is 5.97 Å². The van der Waals surface area contributed by atoms with E-state index in [4.69, 9.17) is 4.74 Å². The largest absolute Gasteiger partial charge is 0.454 e. The van der Waals surface area contributed by atoms with Gasteiger partial charge in [0.05, 0.1) is 10.4 Å². The number of aryl methyl sites for hydroxylation is 1. The second-order valence-electron chi connectivity index (χ2n) is 5.85. The first-order valence-electron chi connectivity index (χ1n) is 7.72. The van der Waals surface area contributed by atoms with Crippen LogP contribution in [0.4, 0.5) is 5.00 Å². The average molecular weight is 442 g/mol. The number of carbonyl (C=O) groups excluding carboxylic acids is 3. The summed E-state index contributed by atoms with van der Waals surface area (Å²) in [6, 6.07) is 1.78. The molecule has 0 atom stereocenters. The molecule has 1 aliphatic rings. The van der Waals surface area contributed by atoms with E-state index >= 15 is 0 Å². The van der Waals surface area contributed by atoms with Crippen LogP contribution in [-0.4, -0.2) is 24.3 Å². The van der Waals surface area contributed by atoms with Gasteiger partial charge in [-0.25, -0.2) is 4.79 Å². The normalized spacial score (nSPS) is 13.6. The second kappa shape index (κ2) is 7.39. The minimum Gasteiger partial charge on any atom is -0.454 e. The number of ether oxygens (including phenoxy) is 1. The maximum absolute atomic E-state index is 12.5. The summed E-state index contributed by atoms with van der Waals surface area (Å²) in [6.45, 7) is 3.37. The molecular weight excluding hydrogens is 426 g/mol. The summed E-state index contributed by atoms with van der Waals surface area (Å²) in [4.78, 5) is 38.1. The van der Waals surface area contributed by atoms with Crippen molar-refractivity contribution in [1.29, 1.82) is 0 Å². The summed E-state index contributed by atoms with van der Waals surface area (Å²) in [5.41, 5.74) is 1.11. The Morgan fingerprint density at radius 2 is 2.04 bits per heavy atom. The van der Waals surface area contributed by atoms with Gasteiger partial charge in [0.1, 0.15) is 5.00 Å². The number of thiophene rings is 2. The van der Waals surface area contributed by atoms with Crippen LogP contribution in [0.15, 0.2) is 15.9 Å². The molecule has 0 aromatic carbocycles. The van der Waals surface area contributed by atoms with Gasteiger partial charge in [-0.3, -0.25) is 9.59 Å². The molecule has 2 aromatic rings. The fourth-order valence-corrected chi connectivity index (χ4v) is 4.85. The van der Waals surface area contributed by atoms with E-state index in [2.05, 4.69) is 21.2 Å². The van der Waals surface area contributed by atoms with Gasteiger partial charge in [0, 0.05) is 15.3 Å². The van der Waals surface area contributed by atoms with Crippen molar-refractivity contribution in [3.8, 4) is 0 Å². The molecule has 25 heavy (non-hydrogen) atoms. The van der Waals surface area contributed by atoms with Crippen LogP contribution in [0.3, 0.4) is 0 Å². The Kier molecular flexibility index (Phi) is 5.41. The topological polar surface area (TPSA) is 72.5 Å². The summed E-state index contributed by atoms with van der Waals surface area (Å²) in [5, 5.41) is 5.12. The van der Waals surface area contributed by atoms with Gasteiger partial charge in [-0.15, -0.1) is 22.7 Å². The first kappa shape index (κ1) is 18.3. The molecule has 2 aromatic heterocycles. The van der Waals surface area contributed by atoms with Crippen molar-refractivity contribution in [2.45, 2.75) is 26.7 Å². The lowest BCUT2D eigenvalue weighted by atomic mass is 10.1. The van der Waals surface area contributed by atoms with Gasteiger partial charge in [-0.05, 0) is 59.6 Å². The van der Waals surface area contributed by atoms with E-state index in [9.17, 15) is 14.4 Å². The Labute approximate surface area is 161 Å². The molecule has 2 heterocycles. The summed E-state index contributed by atoms with van der Waals surface area (Å²) in [6.07, 6.45) is 1.78. The highest BCUT2D eigenvalue weighted by Crippen LogP contribution is 2.36. The van der Waals surface area contributed by atoms with E-state index in [1.807, 2.05) is 13.8 Å². The predicted molar refractivity (Wildman–Crippen MR) is 102 cm³/mol. The Morgan fingerprint density at radius 3 is 2.64 bits per heavy atom. The van der Waals surface area contributed by atoms with E-state index in [-0.39, 0.29) is 24.2 Å². The zero-order chi connectivity index (χ0) is 18.1. The highest BCUT2D eigenvalue weighted by Gasteiger charge is 2.32. The van der Waals surface area contributed by atoms with Crippen LogP contribution in [0.2, 0.25) is 0 Å². The first-order valence-corrected chi connectivity index (χ1v) is 10.2. The average Bonchev–Trinajstić information content (AvgIpc) is 3.28. The maximum atomic E-state index is 12.5. The van der Waals surface area contributed by atoms with E-state index in [1.54, 1.807) is 11.4 Å². The molecule has 1 fully saturated rings. The maximum Gasteiger partial charge on any atom is 0.341 e. The molecule has 132 valence electrons. The summed E-state index contributed by atoms with van der Waals surface area (Å²) >= 11 is 5.94. The molecule has 0 radical (unpaired) electrons. The van der Waals surface area contributed by atoms with Crippen molar-refractivity contribution in [3.05, 3.63) is 36.8 Å². The van der Waals surface area contributed by atoms with Gasteiger partial charge in [-0.1, -0.05) is 0 Å². The van der Waals surface area contributed by atoms with E-state index in [0.717, 1.165) is 23.3 Å². The SMILES string of the molecule is Cc1sc(NC(=O)C2CC2)c(C(=O)OCC(=O)c2sccc2Br)c1C. The number of hydrogen-bond donors (Lipinski definition) is 1. The Balaban J connectivity index is 1.71. The number of carbonyl (C=O) groups is 3. The number of Topliss-reactive ketones (excluding diaryl/α,β-unsaturated/α-hetero) is 1. The van der Waals surface area contributed by atoms with Gasteiger partial charge in [0.25, 0.3) is 0 Å². The quantitative estimate of drug-likeness (QED) is 0.525. The lowest BCUT2D eigenvalue weighted by Crippen LogP contribution is -2.18. The minimum atomic E-state index is -0.589. The molecule has 5 nitrogen and oxygen atoms in total. The molecular formula is C17H16BrNO4S2. The van der Waals surface area contributed by atoms with Crippen molar-refractivity contribution in [1.82, 2.24) is 0 Å². The third-order valence-corrected chi connectivity index (χ3v) is 6.98. The number of amides is 1. The standard InChI is InChI=1S/C17H16BrNO4S2/c1-8-9(2)25-16(19-15(21)10-3-4-10)13(8)17(22)23-7-12(20)14-11(18)5-6-24-14/h5-6,10H,3-4,7H2,1-2H3,(H,19,21). The van der Waals surface area contributed by atoms with Gasteiger partial charge < -0.3 is 10.1 Å². The fraction of sp³-hybridized carbons (Fsp3) is 0.353. The molecule has 1 saturated carbocycles. The van der Waals surface area contributed by atoms with E-state index in [0.29, 0.717) is 19.9 Å². The van der Waals surface area contributed by atoms with Crippen LogP contribution in [0.1, 0.15) is 43.3 Å². The van der Waals surface area contributed by atoms with Crippen molar-refractivity contribution in [2.75, 3.05) is 11.9 Å². The van der Waals surface area contributed by atoms with Crippen LogP contribution < -0.4 is 5.32 Å². The van der Waals surface area contributed by atoms with E-state index in [1.165, 1.54) is 22.7 Å². The number of anilines is 1. The third kappa shape index (κ3) is 4.02. The van der Waals surface area contributed by atoms with Crippen LogP contribution in [0.25, 0.3) is 0 Å².